The fourth-order valence-electron chi connectivity index (χ4n) is 2.42. The first kappa shape index (κ1) is 12.1. The molecule has 1 aliphatic carbocycles. The number of halogens is 2. The van der Waals surface area contributed by atoms with Crippen LogP contribution in [0.5, 0.6) is 0 Å². The predicted molar refractivity (Wildman–Crippen MR) is 79.2 cm³/mol. The van der Waals surface area contributed by atoms with Crippen molar-refractivity contribution >= 4 is 37.6 Å². The van der Waals surface area contributed by atoms with Crippen molar-refractivity contribution in [1.82, 2.24) is 0 Å². The van der Waals surface area contributed by atoms with Gasteiger partial charge in [-0.3, -0.25) is 4.79 Å². The molecular weight excluding hydrogens is 356 g/mol. The van der Waals surface area contributed by atoms with Gasteiger partial charge in [0.15, 0.2) is 5.78 Å². The van der Waals surface area contributed by atoms with Gasteiger partial charge in [-0.2, -0.15) is 0 Å². The molecule has 2 aromatic rings. The van der Waals surface area contributed by atoms with Gasteiger partial charge in [0.05, 0.1) is 0 Å². The summed E-state index contributed by atoms with van der Waals surface area (Å²) in [6.45, 7) is 0. The van der Waals surface area contributed by atoms with Crippen molar-refractivity contribution in [3.8, 4) is 0 Å². The molecule has 0 saturated carbocycles. The Kier molecular flexibility index (Phi) is 2.91. The molecule has 90 valence electrons. The number of hydrogen-bond acceptors (Lipinski definition) is 1. The first-order chi connectivity index (χ1) is 8.63. The summed E-state index contributed by atoms with van der Waals surface area (Å²) >= 11 is 7.19. The lowest BCUT2D eigenvalue weighted by atomic mass is 9.95. The topological polar surface area (TPSA) is 17.1 Å². The van der Waals surface area contributed by atoms with Crippen molar-refractivity contribution < 1.29 is 4.79 Å². The number of alkyl halides is 1. The minimum Gasteiger partial charge on any atom is -0.292 e. The van der Waals surface area contributed by atoms with Crippen molar-refractivity contribution in [1.29, 1.82) is 0 Å². The van der Waals surface area contributed by atoms with E-state index in [9.17, 15) is 4.79 Å². The zero-order valence-corrected chi connectivity index (χ0v) is 12.7. The highest BCUT2D eigenvalue weighted by Gasteiger charge is 2.45. The zero-order chi connectivity index (χ0) is 12.8. The van der Waals surface area contributed by atoms with E-state index in [2.05, 4.69) is 31.9 Å². The van der Waals surface area contributed by atoms with Crippen LogP contribution < -0.4 is 0 Å². The summed E-state index contributed by atoms with van der Waals surface area (Å²) in [5.41, 5.74) is 2.91. The normalized spacial score (nSPS) is 22.0. The van der Waals surface area contributed by atoms with Gasteiger partial charge in [0.25, 0.3) is 0 Å². The molecule has 0 aliphatic heterocycles. The number of rotatable bonds is 1. The quantitative estimate of drug-likeness (QED) is 0.681. The second-order valence-electron chi connectivity index (χ2n) is 4.44. The summed E-state index contributed by atoms with van der Waals surface area (Å²) < 4.78 is 0.395. The Morgan fingerprint density at radius 1 is 1.00 bits per heavy atom. The van der Waals surface area contributed by atoms with E-state index in [1.165, 1.54) is 0 Å². The van der Waals surface area contributed by atoms with E-state index >= 15 is 0 Å². The SMILES string of the molecule is O=C1c2cccc(Br)c2CC1(Br)c1ccccc1. The third kappa shape index (κ3) is 1.69. The largest absolute Gasteiger partial charge is 0.292 e. The van der Waals surface area contributed by atoms with Crippen LogP contribution in [-0.4, -0.2) is 5.78 Å². The fraction of sp³-hybridized carbons (Fsp3) is 0.133. The van der Waals surface area contributed by atoms with Gasteiger partial charge in [-0.25, -0.2) is 0 Å². The Balaban J connectivity index is 2.15. The summed E-state index contributed by atoms with van der Waals surface area (Å²) in [6.07, 6.45) is 0.687. The first-order valence-corrected chi connectivity index (χ1v) is 7.28. The van der Waals surface area contributed by atoms with E-state index in [1.807, 2.05) is 48.5 Å². The molecule has 0 bridgehead atoms. The lowest BCUT2D eigenvalue weighted by molar-refractivity contribution is 0.0960. The molecule has 0 aromatic heterocycles. The Labute approximate surface area is 122 Å². The van der Waals surface area contributed by atoms with Crippen LogP contribution >= 0.6 is 31.9 Å². The minimum absolute atomic E-state index is 0.144. The molecule has 0 fully saturated rings. The predicted octanol–water partition coefficient (Wildman–Crippen LogP) is 4.48. The lowest BCUT2D eigenvalue weighted by Crippen LogP contribution is -2.25. The van der Waals surface area contributed by atoms with E-state index in [0.717, 1.165) is 21.2 Å². The number of benzene rings is 2. The summed E-state index contributed by atoms with van der Waals surface area (Å²) in [5, 5.41) is 0. The molecule has 0 amide bonds. The minimum atomic E-state index is -0.611. The van der Waals surface area contributed by atoms with Gasteiger partial charge in [-0.05, 0) is 17.2 Å². The summed E-state index contributed by atoms with van der Waals surface area (Å²) in [6, 6.07) is 15.7. The Morgan fingerprint density at radius 2 is 1.72 bits per heavy atom. The number of hydrogen-bond donors (Lipinski definition) is 0. The average molecular weight is 366 g/mol. The molecule has 0 spiro atoms. The lowest BCUT2D eigenvalue weighted by Gasteiger charge is -2.20. The summed E-state index contributed by atoms with van der Waals surface area (Å²) in [4.78, 5) is 12.6. The highest BCUT2D eigenvalue weighted by Crippen LogP contribution is 2.46. The molecule has 3 heteroatoms. The van der Waals surface area contributed by atoms with Crippen molar-refractivity contribution in [3.63, 3.8) is 0 Å². The Bertz CT molecular complexity index is 622. The van der Waals surface area contributed by atoms with Crippen molar-refractivity contribution in [2.24, 2.45) is 0 Å². The highest BCUT2D eigenvalue weighted by atomic mass is 79.9. The van der Waals surface area contributed by atoms with Crippen LogP contribution in [-0.2, 0) is 10.7 Å². The maximum absolute atomic E-state index is 12.6. The highest BCUT2D eigenvalue weighted by molar-refractivity contribution is 9.10. The molecule has 1 unspecified atom stereocenters. The molecule has 0 saturated heterocycles. The maximum atomic E-state index is 12.6. The summed E-state index contributed by atoms with van der Waals surface area (Å²) in [7, 11) is 0. The molecule has 18 heavy (non-hydrogen) atoms. The molecule has 3 rings (SSSR count). The van der Waals surface area contributed by atoms with Crippen LogP contribution in [0, 0.1) is 0 Å². The average Bonchev–Trinajstić information content (AvgIpc) is 2.67. The molecule has 0 heterocycles. The monoisotopic (exact) mass is 364 g/mol. The van der Waals surface area contributed by atoms with Crippen LogP contribution in [0.1, 0.15) is 21.5 Å². The molecule has 2 aromatic carbocycles. The second kappa shape index (κ2) is 4.32. The third-order valence-corrected chi connectivity index (χ3v) is 5.22. The van der Waals surface area contributed by atoms with Crippen molar-refractivity contribution in [3.05, 3.63) is 69.7 Å². The van der Waals surface area contributed by atoms with Crippen LogP contribution in [0.3, 0.4) is 0 Å². The number of carbonyl (C=O) groups is 1. The third-order valence-electron chi connectivity index (χ3n) is 3.38. The van der Waals surface area contributed by atoms with Crippen LogP contribution in [0.25, 0.3) is 0 Å². The molecular formula is C15H10Br2O. The molecule has 0 radical (unpaired) electrons. The number of carbonyl (C=O) groups excluding carboxylic acids is 1. The van der Waals surface area contributed by atoms with Gasteiger partial charge < -0.3 is 0 Å². The molecule has 1 nitrogen and oxygen atoms in total. The smallest absolute Gasteiger partial charge is 0.184 e. The molecule has 0 N–H and O–H groups in total. The fourth-order valence-corrected chi connectivity index (χ4v) is 3.69. The molecule has 1 atom stereocenters. The van der Waals surface area contributed by atoms with Gasteiger partial charge in [-0.1, -0.05) is 74.3 Å². The van der Waals surface area contributed by atoms with E-state index in [1.54, 1.807) is 0 Å². The Hall–Kier alpha value is -0.930. The van der Waals surface area contributed by atoms with Gasteiger partial charge in [0.2, 0.25) is 0 Å². The van der Waals surface area contributed by atoms with E-state index in [0.29, 0.717) is 6.42 Å². The maximum Gasteiger partial charge on any atom is 0.184 e. The van der Waals surface area contributed by atoms with Gasteiger partial charge in [-0.15, -0.1) is 0 Å². The van der Waals surface area contributed by atoms with E-state index in [4.69, 9.17) is 0 Å². The van der Waals surface area contributed by atoms with E-state index in [-0.39, 0.29) is 5.78 Å². The first-order valence-electron chi connectivity index (χ1n) is 5.69. The van der Waals surface area contributed by atoms with Crippen LogP contribution in [0.15, 0.2) is 53.0 Å². The van der Waals surface area contributed by atoms with Gasteiger partial charge in [0, 0.05) is 16.5 Å². The van der Waals surface area contributed by atoms with Gasteiger partial charge >= 0.3 is 0 Å². The molecule has 1 aliphatic rings. The number of fused-ring (bicyclic) bond motifs is 1. The second-order valence-corrected chi connectivity index (χ2v) is 6.65. The summed E-state index contributed by atoms with van der Waals surface area (Å²) in [5.74, 6) is 0.144. The van der Waals surface area contributed by atoms with E-state index < -0.39 is 4.32 Å². The van der Waals surface area contributed by atoms with Crippen molar-refractivity contribution in [2.75, 3.05) is 0 Å². The standard InChI is InChI=1S/C15H10Br2O/c16-13-8-4-7-11-12(13)9-15(17,14(11)18)10-5-2-1-3-6-10/h1-8H,9H2. The number of ketones is 1. The van der Waals surface area contributed by atoms with Gasteiger partial charge in [0.1, 0.15) is 4.32 Å². The van der Waals surface area contributed by atoms with Crippen LogP contribution in [0.2, 0.25) is 0 Å². The number of Topliss-reactive ketones (excluding diaryl/α,β-unsaturated/α-hetero) is 1. The Morgan fingerprint density at radius 3 is 2.39 bits per heavy atom. The van der Waals surface area contributed by atoms with Crippen LogP contribution in [0.4, 0.5) is 0 Å². The zero-order valence-electron chi connectivity index (χ0n) is 9.49. The van der Waals surface area contributed by atoms with Crippen molar-refractivity contribution in [2.45, 2.75) is 10.7 Å².